The fraction of sp³-hybridized carbons (Fsp3) is 0.417. The number of aryl methyl sites for hydroxylation is 1. The molecule has 7 amide bonds. The Hall–Kier alpha value is -6.57. The van der Waals surface area contributed by atoms with E-state index in [1.807, 2.05) is 17.6 Å². The monoisotopic (exact) mass is 782 g/mol. The molecular weight excluding hydrogens is 740 g/mol. The molecule has 2 aliphatic rings. The minimum Gasteiger partial charge on any atom is -0.481 e. The molecule has 0 spiro atoms. The van der Waals surface area contributed by atoms with Gasteiger partial charge in [0.25, 0.3) is 17.7 Å². The lowest BCUT2D eigenvalue weighted by atomic mass is 10.0. The van der Waals surface area contributed by atoms with E-state index in [-0.39, 0.29) is 11.6 Å². The summed E-state index contributed by atoms with van der Waals surface area (Å²) in [6.07, 6.45) is -6.78. The average molecular weight is 783 g/mol. The van der Waals surface area contributed by atoms with Crippen molar-refractivity contribution in [2.24, 2.45) is 5.92 Å². The summed E-state index contributed by atoms with van der Waals surface area (Å²) in [5.74, 6) is -9.10. The van der Waals surface area contributed by atoms with E-state index in [2.05, 4.69) is 16.0 Å². The van der Waals surface area contributed by atoms with E-state index in [0.29, 0.717) is 24.2 Å². The number of para-hydroxylation sites is 1. The lowest BCUT2D eigenvalue weighted by molar-refractivity contribution is -0.142. The normalized spacial score (nSPS) is 17.2. The van der Waals surface area contributed by atoms with Crippen LogP contribution in [0, 0.1) is 5.92 Å². The molecular formula is C36H42N6O14. The van der Waals surface area contributed by atoms with Crippen molar-refractivity contribution < 1.29 is 67.9 Å². The van der Waals surface area contributed by atoms with Crippen LogP contribution in [-0.4, -0.2) is 111 Å². The van der Waals surface area contributed by atoms with Crippen molar-refractivity contribution in [3.8, 4) is 0 Å². The number of ether oxygens (including phenoxy) is 2. The first-order chi connectivity index (χ1) is 26.6. The number of amides is 7. The molecule has 0 radical (unpaired) electrons. The highest BCUT2D eigenvalue weighted by molar-refractivity contribution is 6.06. The highest BCUT2D eigenvalue weighted by Crippen LogP contribution is 2.32. The number of hydrogen-bond acceptors (Lipinski definition) is 11. The zero-order chi connectivity index (χ0) is 41.1. The summed E-state index contributed by atoms with van der Waals surface area (Å²) in [5.41, 5.74) is 4.05. The lowest BCUT2D eigenvalue weighted by Crippen LogP contribution is -2.61. The van der Waals surface area contributed by atoms with E-state index >= 15 is 0 Å². The third-order valence-electron chi connectivity index (χ3n) is 8.72. The summed E-state index contributed by atoms with van der Waals surface area (Å²) in [6.45, 7) is 3.02. The van der Waals surface area contributed by atoms with Gasteiger partial charge in [-0.2, -0.15) is 0 Å². The minimum atomic E-state index is -1.94. The fourth-order valence-electron chi connectivity index (χ4n) is 5.80. The zero-order valence-electron chi connectivity index (χ0n) is 30.3. The number of hydrazine groups is 1. The van der Waals surface area contributed by atoms with E-state index < -0.39 is 109 Å². The Kier molecular flexibility index (Phi) is 14.4. The molecule has 2 aromatic rings. The van der Waals surface area contributed by atoms with Gasteiger partial charge in [-0.3, -0.25) is 39.0 Å². The number of alkyl carbamates (subject to hydrolysis) is 1. The molecule has 1 fully saturated rings. The molecule has 20 nitrogen and oxygen atoms in total. The minimum absolute atomic E-state index is 0.0747. The van der Waals surface area contributed by atoms with Crippen molar-refractivity contribution in [2.75, 3.05) is 11.4 Å². The van der Waals surface area contributed by atoms with Crippen LogP contribution in [0.25, 0.3) is 0 Å². The molecule has 0 aliphatic carbocycles. The largest absolute Gasteiger partial charge is 0.481 e. The van der Waals surface area contributed by atoms with Gasteiger partial charge in [0, 0.05) is 18.7 Å². The van der Waals surface area contributed by atoms with Crippen LogP contribution in [0.3, 0.4) is 0 Å². The Labute approximate surface area is 319 Å². The number of nitrogens with one attached hydrogen (secondary N) is 4. The van der Waals surface area contributed by atoms with E-state index in [1.165, 1.54) is 18.7 Å². The maximum Gasteiger partial charge on any atom is 0.433 e. The van der Waals surface area contributed by atoms with Gasteiger partial charge in [0.05, 0.1) is 6.42 Å². The number of hydrogen-bond donors (Lipinski definition) is 7. The highest BCUT2D eigenvalue weighted by Gasteiger charge is 2.55. The second-order valence-corrected chi connectivity index (χ2v) is 13.2. The second-order valence-electron chi connectivity index (χ2n) is 13.2. The van der Waals surface area contributed by atoms with Crippen molar-refractivity contribution in [1.82, 2.24) is 26.4 Å². The van der Waals surface area contributed by atoms with Gasteiger partial charge in [0.2, 0.25) is 11.8 Å². The van der Waals surface area contributed by atoms with Crippen LogP contribution in [0.1, 0.15) is 50.7 Å². The Morgan fingerprint density at radius 1 is 0.821 bits per heavy atom. The SMILES string of the molecule is CC(C)[C@H](NC(=O)[C@H](CCC(=O)O)NC(=O)[C@H](CC(=O)O)NC(=O)OCc1ccccc1)C(=O)NN(C(=O)O)C(=O)C1OC1C(=O)N1CCCc2ccccc21. The summed E-state index contributed by atoms with van der Waals surface area (Å²) in [6, 6.07) is 10.5. The third-order valence-corrected chi connectivity index (χ3v) is 8.72. The number of fused-ring (bicyclic) bond motifs is 1. The topological polar surface area (TPSA) is 291 Å². The average Bonchev–Trinajstić information content (AvgIpc) is 3.96. The Bertz CT molecular complexity index is 1840. The van der Waals surface area contributed by atoms with Crippen LogP contribution in [0.15, 0.2) is 54.6 Å². The number of anilines is 1. The van der Waals surface area contributed by atoms with Gasteiger partial charge in [-0.15, -0.1) is 5.01 Å². The number of imide groups is 1. The molecule has 2 aliphatic heterocycles. The highest BCUT2D eigenvalue weighted by atomic mass is 16.6. The molecule has 300 valence electrons. The molecule has 0 bridgehead atoms. The first kappa shape index (κ1) is 42.2. The van der Waals surface area contributed by atoms with Crippen LogP contribution >= 0.6 is 0 Å². The van der Waals surface area contributed by atoms with E-state index in [1.54, 1.807) is 42.5 Å². The molecule has 5 atom stereocenters. The van der Waals surface area contributed by atoms with E-state index in [0.717, 1.165) is 12.0 Å². The molecule has 56 heavy (non-hydrogen) atoms. The van der Waals surface area contributed by atoms with Crippen molar-refractivity contribution in [3.05, 3.63) is 65.7 Å². The van der Waals surface area contributed by atoms with E-state index in [9.17, 15) is 58.5 Å². The van der Waals surface area contributed by atoms with Crippen LogP contribution in [0.2, 0.25) is 0 Å². The van der Waals surface area contributed by atoms with Crippen molar-refractivity contribution in [2.45, 2.75) is 82.9 Å². The number of nitrogens with zero attached hydrogens (tertiary/aromatic N) is 2. The summed E-state index contributed by atoms with van der Waals surface area (Å²) in [7, 11) is 0. The number of carbonyl (C=O) groups is 9. The van der Waals surface area contributed by atoms with Gasteiger partial charge < -0.3 is 45.6 Å². The maximum atomic E-state index is 13.5. The number of carbonyl (C=O) groups excluding carboxylic acids is 6. The molecule has 1 saturated heterocycles. The first-order valence-corrected chi connectivity index (χ1v) is 17.5. The molecule has 0 saturated carbocycles. The molecule has 7 N–H and O–H groups in total. The second kappa shape index (κ2) is 19.1. The van der Waals surface area contributed by atoms with Gasteiger partial charge >= 0.3 is 24.1 Å². The van der Waals surface area contributed by atoms with Gasteiger partial charge in [-0.1, -0.05) is 62.4 Å². The maximum absolute atomic E-state index is 13.5. The molecule has 0 aromatic heterocycles. The number of benzene rings is 2. The van der Waals surface area contributed by atoms with Gasteiger partial charge in [-0.25, -0.2) is 9.59 Å². The number of carboxylic acid groups (broad SMARTS) is 3. The summed E-state index contributed by atoms with van der Waals surface area (Å²) in [4.78, 5) is 116. The van der Waals surface area contributed by atoms with Crippen LogP contribution in [-0.2, 0) is 56.1 Å². The number of carboxylic acids is 2. The molecule has 2 heterocycles. The van der Waals surface area contributed by atoms with Crippen LogP contribution in [0.4, 0.5) is 15.3 Å². The Morgan fingerprint density at radius 3 is 2.12 bits per heavy atom. The molecule has 2 unspecified atom stereocenters. The molecule has 20 heteroatoms. The number of rotatable bonds is 16. The van der Waals surface area contributed by atoms with E-state index in [4.69, 9.17) is 9.47 Å². The van der Waals surface area contributed by atoms with Crippen molar-refractivity contribution >= 4 is 59.3 Å². The fourth-order valence-corrected chi connectivity index (χ4v) is 5.80. The predicted octanol–water partition coefficient (Wildman–Crippen LogP) is 0.531. The smallest absolute Gasteiger partial charge is 0.433 e. The first-order valence-electron chi connectivity index (χ1n) is 17.5. The van der Waals surface area contributed by atoms with Crippen LogP contribution in [0.5, 0.6) is 0 Å². The zero-order valence-corrected chi connectivity index (χ0v) is 30.3. The van der Waals surface area contributed by atoms with Crippen LogP contribution < -0.4 is 26.3 Å². The van der Waals surface area contributed by atoms with Gasteiger partial charge in [0.15, 0.2) is 12.2 Å². The van der Waals surface area contributed by atoms with Crippen molar-refractivity contribution in [1.29, 1.82) is 0 Å². The summed E-state index contributed by atoms with van der Waals surface area (Å²) >= 11 is 0. The quantitative estimate of drug-likeness (QED) is 0.0904. The Morgan fingerprint density at radius 2 is 1.48 bits per heavy atom. The summed E-state index contributed by atoms with van der Waals surface area (Å²) < 4.78 is 10.3. The molecule has 4 rings (SSSR count). The Balaban J connectivity index is 1.41. The lowest BCUT2D eigenvalue weighted by Gasteiger charge is -2.29. The predicted molar refractivity (Wildman–Crippen MR) is 190 cm³/mol. The third kappa shape index (κ3) is 11.5. The van der Waals surface area contributed by atoms with Crippen molar-refractivity contribution in [3.63, 3.8) is 0 Å². The molecule has 2 aromatic carbocycles. The number of aliphatic carboxylic acids is 2. The van der Waals surface area contributed by atoms with Gasteiger partial charge in [0.1, 0.15) is 24.7 Å². The number of epoxide rings is 1. The van der Waals surface area contributed by atoms with Gasteiger partial charge in [-0.05, 0) is 42.4 Å². The summed E-state index contributed by atoms with van der Waals surface area (Å²) in [5, 5.41) is 35.0. The standard InChI is InChI=1S/C36H42N6O14/c1-19(2)27(32(49)40-42(36(53)54)34(51)29-28(56-29)33(50)41-16-8-12-21-11-6-7-13-24(21)41)39-30(47)22(14-15-25(43)44)37-31(48)23(17-26(45)46)38-35(52)55-18-20-9-4-3-5-10-20/h3-7,9-11,13,19,22-23,27-29H,8,12,14-18H2,1-2H3,(H,37,48)(H,38,52)(H,39,47)(H,40,49)(H,43,44)(H,45,46)(H,53,54)/t22-,23-,27-,28?,29?/m0/s1.